The summed E-state index contributed by atoms with van der Waals surface area (Å²) in [6, 6.07) is 14.7. The van der Waals surface area contributed by atoms with E-state index in [1.807, 2.05) is 50.2 Å². The molecule has 0 aliphatic carbocycles. The highest BCUT2D eigenvalue weighted by Gasteiger charge is 2.22. The number of pyridine rings is 1. The van der Waals surface area contributed by atoms with Crippen LogP contribution < -0.4 is 5.56 Å². The van der Waals surface area contributed by atoms with Gasteiger partial charge in [-0.25, -0.2) is 14.5 Å². The summed E-state index contributed by atoms with van der Waals surface area (Å²) >= 11 is 6.44. The number of fused-ring (bicyclic) bond motifs is 1. The molecule has 4 aromatic rings. The first-order valence-electron chi connectivity index (χ1n) is 9.77. The lowest BCUT2D eigenvalue weighted by Gasteiger charge is -2.08. The maximum atomic E-state index is 12.7. The number of ether oxygens (including phenoxy) is 1. The topological polar surface area (TPSA) is 78.5 Å². The number of aryl methyl sites for hydroxylation is 3. The molecule has 1 aromatic carbocycles. The molecule has 0 saturated heterocycles. The molecule has 0 bridgehead atoms. The zero-order valence-corrected chi connectivity index (χ0v) is 18.2. The minimum Gasteiger partial charge on any atom is -0.455 e. The summed E-state index contributed by atoms with van der Waals surface area (Å²) < 4.78 is 8.47. The summed E-state index contributed by atoms with van der Waals surface area (Å²) in [5, 5.41) is 4.60. The predicted octanol–water partition coefficient (Wildman–Crippen LogP) is 3.87. The molecule has 0 spiro atoms. The van der Waals surface area contributed by atoms with Crippen molar-refractivity contribution < 1.29 is 9.53 Å². The van der Waals surface area contributed by atoms with E-state index >= 15 is 0 Å². The average Bonchev–Trinajstić information content (AvgIpc) is 3.01. The van der Waals surface area contributed by atoms with Crippen molar-refractivity contribution in [3.63, 3.8) is 0 Å². The molecule has 4 rings (SSSR count). The van der Waals surface area contributed by atoms with Gasteiger partial charge in [0.1, 0.15) is 23.0 Å². The number of nitrogens with zero attached hydrogens (tertiary/aromatic N) is 4. The van der Waals surface area contributed by atoms with Crippen molar-refractivity contribution >= 4 is 23.2 Å². The van der Waals surface area contributed by atoms with Crippen LogP contribution in [0.1, 0.15) is 38.6 Å². The minimum atomic E-state index is -0.608. The van der Waals surface area contributed by atoms with Crippen LogP contribution in [0.15, 0.2) is 53.3 Å². The van der Waals surface area contributed by atoms with Gasteiger partial charge < -0.3 is 4.74 Å². The maximum absolute atomic E-state index is 12.7. The van der Waals surface area contributed by atoms with Gasteiger partial charge in [-0.15, -0.1) is 0 Å². The first-order valence-corrected chi connectivity index (χ1v) is 10.1. The molecule has 0 atom stereocenters. The van der Waals surface area contributed by atoms with Crippen molar-refractivity contribution in [3.05, 3.63) is 97.8 Å². The monoisotopic (exact) mass is 436 g/mol. The SMILES string of the molecule is Cc1ccc(Cn2nc(C)c(C(=O)OCc3cc(=O)n4c(C)cccc4n3)c2Cl)cc1. The van der Waals surface area contributed by atoms with Crippen molar-refractivity contribution in [1.29, 1.82) is 0 Å². The zero-order valence-electron chi connectivity index (χ0n) is 17.4. The summed E-state index contributed by atoms with van der Waals surface area (Å²) in [6.45, 7) is 5.85. The molecule has 0 unspecified atom stereocenters. The first kappa shape index (κ1) is 20.8. The van der Waals surface area contributed by atoms with Gasteiger partial charge in [-0.1, -0.05) is 47.5 Å². The fourth-order valence-corrected chi connectivity index (χ4v) is 3.72. The molecular weight excluding hydrogens is 416 g/mol. The number of halogens is 1. The summed E-state index contributed by atoms with van der Waals surface area (Å²) in [6.07, 6.45) is 0. The highest BCUT2D eigenvalue weighted by molar-refractivity contribution is 6.32. The van der Waals surface area contributed by atoms with Crippen molar-refractivity contribution in [3.8, 4) is 0 Å². The number of rotatable bonds is 5. The van der Waals surface area contributed by atoms with Gasteiger partial charge in [0, 0.05) is 11.8 Å². The largest absolute Gasteiger partial charge is 0.455 e. The number of benzene rings is 1. The molecule has 0 N–H and O–H groups in total. The summed E-state index contributed by atoms with van der Waals surface area (Å²) in [4.78, 5) is 29.5. The van der Waals surface area contributed by atoms with Gasteiger partial charge in [-0.3, -0.25) is 9.20 Å². The summed E-state index contributed by atoms with van der Waals surface area (Å²) in [5.74, 6) is -0.608. The van der Waals surface area contributed by atoms with Gasteiger partial charge in [0.25, 0.3) is 5.56 Å². The second kappa shape index (κ2) is 8.35. The fraction of sp³-hybridized carbons (Fsp3) is 0.217. The van der Waals surface area contributed by atoms with E-state index < -0.39 is 5.97 Å². The molecule has 0 amide bonds. The highest BCUT2D eigenvalue weighted by atomic mass is 35.5. The van der Waals surface area contributed by atoms with Crippen molar-refractivity contribution in [2.45, 2.75) is 33.9 Å². The van der Waals surface area contributed by atoms with Crippen LogP contribution in [0.2, 0.25) is 5.15 Å². The van der Waals surface area contributed by atoms with Gasteiger partial charge >= 0.3 is 5.97 Å². The predicted molar refractivity (Wildman–Crippen MR) is 118 cm³/mol. The smallest absolute Gasteiger partial charge is 0.343 e. The van der Waals surface area contributed by atoms with E-state index in [0.717, 1.165) is 16.8 Å². The van der Waals surface area contributed by atoms with Crippen molar-refractivity contribution in [2.24, 2.45) is 0 Å². The summed E-state index contributed by atoms with van der Waals surface area (Å²) in [5.41, 5.74) is 4.28. The Bertz CT molecular complexity index is 1340. The third-order valence-electron chi connectivity index (χ3n) is 5.01. The molecular formula is C23H21ClN4O3. The lowest BCUT2D eigenvalue weighted by Crippen LogP contribution is -2.18. The van der Waals surface area contributed by atoms with Crippen LogP contribution in [-0.2, 0) is 17.9 Å². The van der Waals surface area contributed by atoms with E-state index in [4.69, 9.17) is 16.3 Å². The number of carbonyl (C=O) groups is 1. The molecule has 0 aliphatic heterocycles. The molecule has 158 valence electrons. The first-order chi connectivity index (χ1) is 14.8. The Morgan fingerprint density at radius 2 is 1.84 bits per heavy atom. The number of hydrogen-bond acceptors (Lipinski definition) is 5. The molecule has 7 nitrogen and oxygen atoms in total. The van der Waals surface area contributed by atoms with Crippen LogP contribution in [0.25, 0.3) is 5.65 Å². The standard InChI is InChI=1S/C23H21ClN4O3/c1-14-7-9-17(10-8-14)12-27-22(24)21(16(3)26-27)23(30)31-13-18-11-20(29)28-15(2)5-4-6-19(28)25-18/h4-11H,12-13H2,1-3H3. The Morgan fingerprint density at radius 1 is 1.10 bits per heavy atom. The van der Waals surface area contributed by atoms with E-state index in [0.29, 0.717) is 23.6 Å². The molecule has 3 aromatic heterocycles. The Hall–Kier alpha value is -3.45. The van der Waals surface area contributed by atoms with Gasteiger partial charge in [0.15, 0.2) is 0 Å². The van der Waals surface area contributed by atoms with Crippen molar-refractivity contribution in [2.75, 3.05) is 0 Å². The third-order valence-corrected chi connectivity index (χ3v) is 5.39. The number of hydrogen-bond donors (Lipinski definition) is 0. The third kappa shape index (κ3) is 4.22. The zero-order chi connectivity index (χ0) is 22.1. The van der Waals surface area contributed by atoms with Gasteiger partial charge in [-0.2, -0.15) is 5.10 Å². The lowest BCUT2D eigenvalue weighted by molar-refractivity contribution is 0.0467. The van der Waals surface area contributed by atoms with E-state index in [1.165, 1.54) is 10.5 Å². The molecule has 0 radical (unpaired) electrons. The quantitative estimate of drug-likeness (QED) is 0.444. The maximum Gasteiger partial charge on any atom is 0.343 e. The van der Waals surface area contributed by atoms with Gasteiger partial charge in [0.2, 0.25) is 0 Å². The van der Waals surface area contributed by atoms with Crippen LogP contribution in [-0.4, -0.2) is 25.1 Å². The minimum absolute atomic E-state index is 0.141. The number of esters is 1. The molecule has 31 heavy (non-hydrogen) atoms. The Kier molecular flexibility index (Phi) is 5.61. The Labute approximate surface area is 183 Å². The van der Waals surface area contributed by atoms with Gasteiger partial charge in [-0.05, 0) is 38.5 Å². The van der Waals surface area contributed by atoms with Crippen molar-refractivity contribution in [1.82, 2.24) is 19.2 Å². The Balaban J connectivity index is 1.53. The molecule has 8 heteroatoms. The second-order valence-electron chi connectivity index (χ2n) is 7.42. The van der Waals surface area contributed by atoms with Crippen LogP contribution >= 0.6 is 11.6 Å². The van der Waals surface area contributed by atoms with E-state index in [9.17, 15) is 9.59 Å². The molecule has 0 saturated carbocycles. The van der Waals surface area contributed by atoms with E-state index in [2.05, 4.69) is 10.1 Å². The van der Waals surface area contributed by atoms with Crippen LogP contribution in [0.3, 0.4) is 0 Å². The van der Waals surface area contributed by atoms with Crippen LogP contribution in [0.5, 0.6) is 0 Å². The van der Waals surface area contributed by atoms with Crippen LogP contribution in [0, 0.1) is 20.8 Å². The highest BCUT2D eigenvalue weighted by Crippen LogP contribution is 2.22. The number of aromatic nitrogens is 4. The van der Waals surface area contributed by atoms with E-state index in [1.54, 1.807) is 17.7 Å². The molecule has 3 heterocycles. The summed E-state index contributed by atoms with van der Waals surface area (Å²) in [7, 11) is 0. The lowest BCUT2D eigenvalue weighted by atomic mass is 10.1. The van der Waals surface area contributed by atoms with E-state index in [-0.39, 0.29) is 22.9 Å². The molecule has 0 aliphatic rings. The molecule has 0 fully saturated rings. The van der Waals surface area contributed by atoms with Gasteiger partial charge in [0.05, 0.1) is 17.9 Å². The normalized spacial score (nSPS) is 11.1. The average molecular weight is 437 g/mol. The fourth-order valence-electron chi connectivity index (χ4n) is 3.41. The number of carbonyl (C=O) groups excluding carboxylic acids is 1. The Morgan fingerprint density at radius 3 is 2.58 bits per heavy atom. The van der Waals surface area contributed by atoms with Crippen LogP contribution in [0.4, 0.5) is 0 Å². The second-order valence-corrected chi connectivity index (χ2v) is 7.78.